The van der Waals surface area contributed by atoms with Crippen molar-refractivity contribution in [1.82, 2.24) is 5.32 Å². The number of rotatable bonds is 7. The van der Waals surface area contributed by atoms with E-state index in [2.05, 4.69) is 5.32 Å². The molecule has 1 amide bonds. The Balaban J connectivity index is 1.68. The molecule has 10 heteroatoms. The molecule has 1 aliphatic rings. The highest BCUT2D eigenvalue weighted by Crippen LogP contribution is 2.44. The molecule has 0 saturated heterocycles. The van der Waals surface area contributed by atoms with Crippen LogP contribution in [-0.2, 0) is 23.8 Å². The third kappa shape index (κ3) is 7.75. The number of amides is 1. The van der Waals surface area contributed by atoms with E-state index in [0.717, 1.165) is 22.3 Å². The molecule has 1 atom stereocenters. The van der Waals surface area contributed by atoms with Crippen molar-refractivity contribution in [2.45, 2.75) is 48.5 Å². The fraction of sp³-hybridized carbons (Fsp3) is 0.400. The number of carbonyl (C=O) groups excluding carboxylic acids is 3. The zero-order valence-electron chi connectivity index (χ0n) is 19.5. The van der Waals surface area contributed by atoms with Crippen LogP contribution in [0.5, 0.6) is 0 Å². The van der Waals surface area contributed by atoms with Crippen LogP contribution in [-0.4, -0.2) is 46.7 Å². The monoisotopic (exact) mass is 541 g/mol. The number of benzene rings is 2. The number of esters is 2. The first-order valence-corrected chi connectivity index (χ1v) is 12.0. The van der Waals surface area contributed by atoms with Crippen LogP contribution < -0.4 is 5.32 Å². The SMILES string of the molecule is CC(C)(C)OC(=O)C[C@H](NC(=O)OCC1c2ccccc2-c2ccccc21)C(=O)OCC(Cl)(Cl)Cl. The van der Waals surface area contributed by atoms with Crippen LogP contribution in [0.2, 0.25) is 0 Å². The van der Waals surface area contributed by atoms with Crippen LogP contribution in [0.3, 0.4) is 0 Å². The minimum atomic E-state index is -1.85. The summed E-state index contributed by atoms with van der Waals surface area (Å²) in [6.07, 6.45) is -1.38. The van der Waals surface area contributed by atoms with Crippen molar-refractivity contribution in [3.63, 3.8) is 0 Å². The van der Waals surface area contributed by atoms with Crippen LogP contribution >= 0.6 is 34.8 Å². The summed E-state index contributed by atoms with van der Waals surface area (Å²) in [6.45, 7) is 4.51. The third-order valence-corrected chi connectivity index (χ3v) is 5.42. The van der Waals surface area contributed by atoms with Crippen molar-refractivity contribution in [3.8, 4) is 11.1 Å². The maximum atomic E-state index is 12.6. The zero-order chi connectivity index (χ0) is 25.8. The van der Waals surface area contributed by atoms with E-state index in [4.69, 9.17) is 49.0 Å². The van der Waals surface area contributed by atoms with E-state index in [1.165, 1.54) is 0 Å². The number of halogens is 3. The number of alkyl carbamates (subject to hydrolysis) is 1. The summed E-state index contributed by atoms with van der Waals surface area (Å²) in [5.41, 5.74) is 3.44. The van der Waals surface area contributed by atoms with Gasteiger partial charge in [-0.1, -0.05) is 83.3 Å². The fourth-order valence-electron chi connectivity index (χ4n) is 3.78. The maximum Gasteiger partial charge on any atom is 0.407 e. The highest BCUT2D eigenvalue weighted by atomic mass is 35.6. The Morgan fingerprint density at radius 1 is 0.914 bits per heavy atom. The minimum absolute atomic E-state index is 0.0300. The van der Waals surface area contributed by atoms with Gasteiger partial charge in [-0.25, -0.2) is 9.59 Å². The van der Waals surface area contributed by atoms with Gasteiger partial charge in [0, 0.05) is 5.92 Å². The van der Waals surface area contributed by atoms with Crippen molar-refractivity contribution in [2.24, 2.45) is 0 Å². The predicted octanol–water partition coefficient (Wildman–Crippen LogP) is 5.54. The average Bonchev–Trinajstić information content (AvgIpc) is 3.07. The minimum Gasteiger partial charge on any atom is -0.460 e. The first-order chi connectivity index (χ1) is 16.3. The van der Waals surface area contributed by atoms with E-state index in [1.807, 2.05) is 48.5 Å². The van der Waals surface area contributed by atoms with E-state index in [1.54, 1.807) is 20.8 Å². The second kappa shape index (κ2) is 11.1. The van der Waals surface area contributed by atoms with Crippen LogP contribution in [0.15, 0.2) is 48.5 Å². The van der Waals surface area contributed by atoms with Crippen LogP contribution in [0, 0.1) is 0 Å². The molecule has 0 aromatic heterocycles. The molecule has 7 nitrogen and oxygen atoms in total. The number of hydrogen-bond acceptors (Lipinski definition) is 6. The van der Waals surface area contributed by atoms with Gasteiger partial charge < -0.3 is 19.5 Å². The first-order valence-electron chi connectivity index (χ1n) is 10.9. The molecule has 0 fully saturated rings. The van der Waals surface area contributed by atoms with Gasteiger partial charge in [0.15, 0.2) is 0 Å². The third-order valence-electron chi connectivity index (χ3n) is 5.09. The molecule has 0 heterocycles. The Kier molecular flexibility index (Phi) is 8.57. The molecule has 1 aliphatic carbocycles. The first kappa shape index (κ1) is 27.1. The van der Waals surface area contributed by atoms with Crippen molar-refractivity contribution in [3.05, 3.63) is 59.7 Å². The van der Waals surface area contributed by atoms with Crippen LogP contribution in [0.25, 0.3) is 11.1 Å². The summed E-state index contributed by atoms with van der Waals surface area (Å²) >= 11 is 16.9. The quantitative estimate of drug-likeness (QED) is 0.281. The summed E-state index contributed by atoms with van der Waals surface area (Å²) in [6, 6.07) is 14.4. The number of alkyl halides is 3. The molecular formula is C25H26Cl3NO6. The number of nitrogens with one attached hydrogen (secondary N) is 1. The molecule has 2 aromatic rings. The smallest absolute Gasteiger partial charge is 0.407 e. The molecule has 0 unspecified atom stereocenters. The van der Waals surface area contributed by atoms with Gasteiger partial charge in [0.25, 0.3) is 0 Å². The highest BCUT2D eigenvalue weighted by Gasteiger charge is 2.33. The Labute approximate surface area is 219 Å². The fourth-order valence-corrected chi connectivity index (χ4v) is 3.94. The molecule has 0 spiro atoms. The summed E-state index contributed by atoms with van der Waals surface area (Å²) in [5, 5.41) is 2.38. The summed E-state index contributed by atoms with van der Waals surface area (Å²) in [4.78, 5) is 37.5. The molecule has 188 valence electrons. The van der Waals surface area contributed by atoms with Gasteiger partial charge in [0.1, 0.15) is 24.9 Å². The van der Waals surface area contributed by atoms with E-state index < -0.39 is 46.5 Å². The second-order valence-corrected chi connectivity index (χ2v) is 11.6. The highest BCUT2D eigenvalue weighted by molar-refractivity contribution is 6.67. The summed E-state index contributed by atoms with van der Waals surface area (Å²) < 4.78 is 13.8. The van der Waals surface area contributed by atoms with E-state index in [0.29, 0.717) is 0 Å². The second-order valence-electron chi connectivity index (χ2n) is 9.04. The van der Waals surface area contributed by atoms with E-state index in [-0.39, 0.29) is 12.5 Å². The summed E-state index contributed by atoms with van der Waals surface area (Å²) in [7, 11) is 0. The van der Waals surface area contributed by atoms with Gasteiger partial charge in [0.2, 0.25) is 3.79 Å². The lowest BCUT2D eigenvalue weighted by molar-refractivity contribution is -0.159. The molecule has 0 saturated carbocycles. The molecule has 1 N–H and O–H groups in total. The molecule has 3 rings (SSSR count). The van der Waals surface area contributed by atoms with Gasteiger partial charge in [-0.05, 0) is 43.0 Å². The standard InChI is InChI=1S/C25H26Cl3NO6/c1-24(2,3)35-21(30)12-20(22(31)34-14-25(26,27)28)29-23(32)33-13-19-17-10-6-4-8-15(17)16-9-5-7-11-18(16)19/h4-11,19-20H,12-14H2,1-3H3,(H,29,32)/t20-/m0/s1. The zero-order valence-corrected chi connectivity index (χ0v) is 21.7. The lowest BCUT2D eigenvalue weighted by Crippen LogP contribution is -2.45. The molecule has 0 bridgehead atoms. The Hall–Kier alpha value is -2.48. The Morgan fingerprint density at radius 2 is 1.46 bits per heavy atom. The van der Waals surface area contributed by atoms with Crippen LogP contribution in [0.1, 0.15) is 44.2 Å². The molecule has 35 heavy (non-hydrogen) atoms. The summed E-state index contributed by atoms with van der Waals surface area (Å²) in [5.74, 6) is -1.85. The van der Waals surface area contributed by atoms with Gasteiger partial charge in [0.05, 0.1) is 6.42 Å². The number of carbonyl (C=O) groups is 3. The maximum absolute atomic E-state index is 12.6. The number of hydrogen-bond donors (Lipinski definition) is 1. The normalized spacial score (nSPS) is 13.9. The van der Waals surface area contributed by atoms with E-state index >= 15 is 0 Å². The number of fused-ring (bicyclic) bond motifs is 3. The molecule has 0 aliphatic heterocycles. The topological polar surface area (TPSA) is 90.9 Å². The van der Waals surface area contributed by atoms with Crippen molar-refractivity contribution >= 4 is 52.8 Å². The van der Waals surface area contributed by atoms with Gasteiger partial charge in [-0.3, -0.25) is 4.79 Å². The van der Waals surface area contributed by atoms with E-state index in [9.17, 15) is 14.4 Å². The number of ether oxygens (including phenoxy) is 3. The van der Waals surface area contributed by atoms with Crippen molar-refractivity contribution < 1.29 is 28.6 Å². The molecular weight excluding hydrogens is 517 g/mol. The lowest BCUT2D eigenvalue weighted by atomic mass is 9.98. The molecule has 0 radical (unpaired) electrons. The van der Waals surface area contributed by atoms with Crippen molar-refractivity contribution in [1.29, 1.82) is 0 Å². The Bertz CT molecular complexity index is 1050. The predicted molar refractivity (Wildman–Crippen MR) is 134 cm³/mol. The van der Waals surface area contributed by atoms with Gasteiger partial charge in [-0.15, -0.1) is 0 Å². The van der Waals surface area contributed by atoms with Gasteiger partial charge >= 0.3 is 18.0 Å². The Morgan fingerprint density at radius 3 is 1.97 bits per heavy atom. The van der Waals surface area contributed by atoms with Gasteiger partial charge in [-0.2, -0.15) is 0 Å². The largest absolute Gasteiger partial charge is 0.460 e. The van der Waals surface area contributed by atoms with Crippen molar-refractivity contribution in [2.75, 3.05) is 13.2 Å². The lowest BCUT2D eigenvalue weighted by Gasteiger charge is -2.23. The van der Waals surface area contributed by atoms with Crippen LogP contribution in [0.4, 0.5) is 4.79 Å². The molecule has 2 aromatic carbocycles. The average molecular weight is 543 g/mol.